The van der Waals surface area contributed by atoms with Gasteiger partial charge in [0, 0.05) is 19.3 Å². The van der Waals surface area contributed by atoms with Crippen LogP contribution in [0, 0.1) is 6.92 Å². The van der Waals surface area contributed by atoms with Crippen LogP contribution in [0.15, 0.2) is 60.9 Å². The lowest BCUT2D eigenvalue weighted by atomic mass is 9.93. The van der Waals surface area contributed by atoms with E-state index >= 15 is 0 Å². The average molecular weight is 452 g/mol. The molecule has 0 aliphatic carbocycles. The Balaban J connectivity index is 1.34. The van der Waals surface area contributed by atoms with E-state index in [1.165, 1.54) is 0 Å². The fourth-order valence-corrected chi connectivity index (χ4v) is 4.22. The SMILES string of the molecule is COc1ccc(CN2CCC[C@](O)(COc3ccccc3)C2)cc1OCCn1cc(C)cn1. The third kappa shape index (κ3) is 6.49. The van der Waals surface area contributed by atoms with E-state index in [1.54, 1.807) is 7.11 Å². The Kier molecular flexibility index (Phi) is 7.52. The highest BCUT2D eigenvalue weighted by Gasteiger charge is 2.34. The van der Waals surface area contributed by atoms with Crippen molar-refractivity contribution in [2.45, 2.75) is 38.5 Å². The molecule has 0 spiro atoms. The molecule has 7 heteroatoms. The maximum absolute atomic E-state index is 11.1. The van der Waals surface area contributed by atoms with Crippen molar-refractivity contribution in [2.24, 2.45) is 0 Å². The summed E-state index contributed by atoms with van der Waals surface area (Å²) in [5.41, 5.74) is 1.39. The molecule has 2 heterocycles. The maximum atomic E-state index is 11.1. The van der Waals surface area contributed by atoms with Gasteiger partial charge in [0.1, 0.15) is 24.6 Å². The molecule has 1 aromatic heterocycles. The lowest BCUT2D eigenvalue weighted by Gasteiger charge is -2.39. The van der Waals surface area contributed by atoms with Crippen LogP contribution in [0.2, 0.25) is 0 Å². The number of hydrogen-bond donors (Lipinski definition) is 1. The number of hydrogen-bond acceptors (Lipinski definition) is 6. The van der Waals surface area contributed by atoms with Gasteiger partial charge in [-0.1, -0.05) is 24.3 Å². The van der Waals surface area contributed by atoms with Gasteiger partial charge in [0.05, 0.1) is 19.9 Å². The van der Waals surface area contributed by atoms with Crippen molar-refractivity contribution < 1.29 is 19.3 Å². The summed E-state index contributed by atoms with van der Waals surface area (Å²) in [7, 11) is 1.65. The number of aromatic nitrogens is 2. The predicted molar refractivity (Wildman–Crippen MR) is 127 cm³/mol. The van der Waals surface area contributed by atoms with Crippen LogP contribution in [0.3, 0.4) is 0 Å². The first kappa shape index (κ1) is 23.1. The van der Waals surface area contributed by atoms with Gasteiger partial charge in [-0.2, -0.15) is 5.10 Å². The van der Waals surface area contributed by atoms with Crippen molar-refractivity contribution in [3.8, 4) is 17.2 Å². The van der Waals surface area contributed by atoms with E-state index in [0.717, 1.165) is 48.6 Å². The van der Waals surface area contributed by atoms with E-state index in [4.69, 9.17) is 14.2 Å². The Morgan fingerprint density at radius 3 is 2.70 bits per heavy atom. The molecule has 0 saturated carbocycles. The number of β-amino-alcohol motifs (C(OH)–C–C–N with tert-alkyl or cyclic N) is 1. The number of methoxy groups -OCH3 is 1. The second kappa shape index (κ2) is 10.7. The van der Waals surface area contributed by atoms with Gasteiger partial charge in [-0.3, -0.25) is 9.58 Å². The van der Waals surface area contributed by atoms with Crippen LogP contribution in [0.25, 0.3) is 0 Å². The minimum Gasteiger partial charge on any atom is -0.493 e. The molecule has 1 saturated heterocycles. The van der Waals surface area contributed by atoms with Gasteiger partial charge in [-0.05, 0) is 61.7 Å². The van der Waals surface area contributed by atoms with Gasteiger partial charge in [0.2, 0.25) is 0 Å². The van der Waals surface area contributed by atoms with Gasteiger partial charge in [0.15, 0.2) is 11.5 Å². The molecule has 7 nitrogen and oxygen atoms in total. The van der Waals surface area contributed by atoms with Crippen LogP contribution >= 0.6 is 0 Å². The second-order valence-electron chi connectivity index (χ2n) is 8.75. The summed E-state index contributed by atoms with van der Waals surface area (Å²) in [6.07, 6.45) is 5.50. The van der Waals surface area contributed by atoms with Crippen LogP contribution in [-0.4, -0.2) is 58.8 Å². The Hall–Kier alpha value is -3.03. The molecule has 0 bridgehead atoms. The largest absolute Gasteiger partial charge is 0.493 e. The number of rotatable bonds is 10. The zero-order valence-electron chi connectivity index (χ0n) is 19.4. The monoisotopic (exact) mass is 451 g/mol. The zero-order chi connectivity index (χ0) is 23.1. The summed E-state index contributed by atoms with van der Waals surface area (Å²) >= 11 is 0. The molecule has 1 N–H and O–H groups in total. The smallest absolute Gasteiger partial charge is 0.161 e. The van der Waals surface area contributed by atoms with Crippen molar-refractivity contribution in [1.82, 2.24) is 14.7 Å². The summed E-state index contributed by atoms with van der Waals surface area (Å²) in [4.78, 5) is 2.27. The number of aliphatic hydroxyl groups is 1. The fourth-order valence-electron chi connectivity index (χ4n) is 4.22. The van der Waals surface area contributed by atoms with E-state index in [2.05, 4.69) is 16.1 Å². The number of nitrogens with zero attached hydrogens (tertiary/aromatic N) is 3. The van der Waals surface area contributed by atoms with E-state index in [9.17, 15) is 5.11 Å². The fraction of sp³-hybridized carbons (Fsp3) is 0.423. The summed E-state index contributed by atoms with van der Waals surface area (Å²) in [5, 5.41) is 15.4. The Bertz CT molecular complexity index is 1020. The molecule has 176 valence electrons. The van der Waals surface area contributed by atoms with Crippen molar-refractivity contribution in [2.75, 3.05) is 33.4 Å². The topological polar surface area (TPSA) is 69.0 Å². The number of benzene rings is 2. The van der Waals surface area contributed by atoms with Gasteiger partial charge < -0.3 is 19.3 Å². The van der Waals surface area contributed by atoms with Crippen molar-refractivity contribution in [3.63, 3.8) is 0 Å². The lowest BCUT2D eigenvalue weighted by molar-refractivity contribution is -0.0621. The highest BCUT2D eigenvalue weighted by molar-refractivity contribution is 5.43. The summed E-state index contributed by atoms with van der Waals surface area (Å²) in [6, 6.07) is 15.7. The normalized spacial score (nSPS) is 18.8. The molecule has 2 aromatic carbocycles. The molecule has 1 atom stereocenters. The van der Waals surface area contributed by atoms with E-state index < -0.39 is 5.60 Å². The first-order valence-corrected chi connectivity index (χ1v) is 11.4. The zero-order valence-corrected chi connectivity index (χ0v) is 19.4. The summed E-state index contributed by atoms with van der Waals surface area (Å²) < 4.78 is 19.2. The first-order chi connectivity index (χ1) is 16.0. The van der Waals surface area contributed by atoms with Gasteiger partial charge in [0.25, 0.3) is 0 Å². The third-order valence-corrected chi connectivity index (χ3v) is 5.86. The quantitative estimate of drug-likeness (QED) is 0.507. The number of para-hydroxylation sites is 1. The van der Waals surface area contributed by atoms with Crippen molar-refractivity contribution >= 4 is 0 Å². The van der Waals surface area contributed by atoms with E-state index in [-0.39, 0.29) is 6.61 Å². The molecule has 0 unspecified atom stereocenters. The van der Waals surface area contributed by atoms with Crippen molar-refractivity contribution in [1.29, 1.82) is 0 Å². The third-order valence-electron chi connectivity index (χ3n) is 5.86. The van der Waals surface area contributed by atoms with E-state index in [1.807, 2.05) is 66.5 Å². The number of ether oxygens (including phenoxy) is 3. The van der Waals surface area contributed by atoms with Crippen LogP contribution in [0.5, 0.6) is 17.2 Å². The predicted octanol–water partition coefficient (Wildman–Crippen LogP) is 3.69. The molecule has 4 rings (SSSR count). The Morgan fingerprint density at radius 1 is 1.09 bits per heavy atom. The Labute approximate surface area is 195 Å². The minimum absolute atomic E-state index is 0.289. The van der Waals surface area contributed by atoms with Gasteiger partial charge in [-0.15, -0.1) is 0 Å². The molecule has 1 aliphatic heterocycles. The molecule has 1 aliphatic rings. The van der Waals surface area contributed by atoms with Gasteiger partial charge >= 0.3 is 0 Å². The first-order valence-electron chi connectivity index (χ1n) is 11.4. The number of aryl methyl sites for hydroxylation is 1. The van der Waals surface area contributed by atoms with Gasteiger partial charge in [-0.25, -0.2) is 0 Å². The molecule has 1 fully saturated rings. The van der Waals surface area contributed by atoms with Crippen LogP contribution < -0.4 is 14.2 Å². The molecule has 3 aromatic rings. The molecular weight excluding hydrogens is 418 g/mol. The average Bonchev–Trinajstić information content (AvgIpc) is 3.24. The molecule has 33 heavy (non-hydrogen) atoms. The maximum Gasteiger partial charge on any atom is 0.161 e. The highest BCUT2D eigenvalue weighted by atomic mass is 16.5. The standard InChI is InChI=1S/C26H33N3O4/c1-21-16-27-29(17-21)13-14-32-25-15-22(9-10-24(25)31-2)18-28-12-6-11-26(30,19-28)20-33-23-7-4-3-5-8-23/h3-5,7-10,15-17,30H,6,11-14,18-20H2,1-2H3/t26-/m1/s1. The van der Waals surface area contributed by atoms with Crippen molar-refractivity contribution in [3.05, 3.63) is 72.1 Å². The van der Waals surface area contributed by atoms with Crippen LogP contribution in [-0.2, 0) is 13.1 Å². The number of likely N-dealkylation sites (tertiary alicyclic amines) is 1. The van der Waals surface area contributed by atoms with Crippen LogP contribution in [0.4, 0.5) is 0 Å². The molecule has 0 radical (unpaired) electrons. The highest BCUT2D eigenvalue weighted by Crippen LogP contribution is 2.30. The lowest BCUT2D eigenvalue weighted by Crippen LogP contribution is -2.51. The Morgan fingerprint density at radius 2 is 1.94 bits per heavy atom. The van der Waals surface area contributed by atoms with Crippen LogP contribution in [0.1, 0.15) is 24.0 Å². The summed E-state index contributed by atoms with van der Waals surface area (Å²) in [5.74, 6) is 2.21. The minimum atomic E-state index is -0.859. The number of piperidine rings is 1. The molecular formula is C26H33N3O4. The van der Waals surface area contributed by atoms with E-state index in [0.29, 0.717) is 25.4 Å². The second-order valence-corrected chi connectivity index (χ2v) is 8.75. The molecule has 0 amide bonds. The summed E-state index contributed by atoms with van der Waals surface area (Å²) in [6.45, 7) is 5.72.